The lowest BCUT2D eigenvalue weighted by molar-refractivity contribution is -0.139. The highest BCUT2D eigenvalue weighted by Crippen LogP contribution is 2.40. The normalized spacial score (nSPS) is 19.1. The lowest BCUT2D eigenvalue weighted by atomic mass is 9.96. The Balaban J connectivity index is 1.93. The number of ketones is 1. The molecule has 6 nitrogen and oxygen atoms in total. The zero-order valence-electron chi connectivity index (χ0n) is 14.8. The van der Waals surface area contributed by atoms with E-state index in [4.69, 9.17) is 0 Å². The van der Waals surface area contributed by atoms with Gasteiger partial charge in [0.15, 0.2) is 0 Å². The average Bonchev–Trinajstić information content (AvgIpc) is 3.23. The van der Waals surface area contributed by atoms with Gasteiger partial charge in [-0.25, -0.2) is 0 Å². The molecular weight excluding hydrogens is 342 g/mol. The minimum absolute atomic E-state index is 0.103. The minimum Gasteiger partial charge on any atom is -0.507 e. The van der Waals surface area contributed by atoms with E-state index in [0.29, 0.717) is 24.1 Å². The summed E-state index contributed by atoms with van der Waals surface area (Å²) in [4.78, 5) is 34.2. The first kappa shape index (κ1) is 17.0. The summed E-state index contributed by atoms with van der Waals surface area (Å²) in [7, 11) is 0. The molecule has 2 aromatic heterocycles. The van der Waals surface area contributed by atoms with Crippen LogP contribution in [-0.2, 0) is 9.59 Å². The number of rotatable bonds is 4. The number of para-hydroxylation sites is 1. The Kier molecular flexibility index (Phi) is 4.24. The van der Waals surface area contributed by atoms with Crippen LogP contribution in [0.15, 0.2) is 60.6 Å². The van der Waals surface area contributed by atoms with Gasteiger partial charge >= 0.3 is 0 Å². The predicted molar refractivity (Wildman–Crippen MR) is 102 cm³/mol. The van der Waals surface area contributed by atoms with Crippen molar-refractivity contribution in [1.82, 2.24) is 14.9 Å². The van der Waals surface area contributed by atoms with Crippen LogP contribution in [0.1, 0.15) is 30.5 Å². The van der Waals surface area contributed by atoms with Gasteiger partial charge in [0.25, 0.3) is 11.7 Å². The molecule has 4 rings (SSSR count). The van der Waals surface area contributed by atoms with Gasteiger partial charge in [0.1, 0.15) is 5.76 Å². The van der Waals surface area contributed by atoms with Crippen LogP contribution in [0.3, 0.4) is 0 Å². The highest BCUT2D eigenvalue weighted by atomic mass is 16.3. The van der Waals surface area contributed by atoms with E-state index < -0.39 is 17.7 Å². The van der Waals surface area contributed by atoms with Crippen LogP contribution in [0, 0.1) is 0 Å². The van der Waals surface area contributed by atoms with E-state index in [-0.39, 0.29) is 11.3 Å². The molecule has 1 amide bonds. The second-order valence-electron chi connectivity index (χ2n) is 6.53. The molecule has 1 aliphatic rings. The van der Waals surface area contributed by atoms with Crippen LogP contribution >= 0.6 is 0 Å². The predicted octanol–water partition coefficient (Wildman–Crippen LogP) is 3.39. The van der Waals surface area contributed by atoms with E-state index >= 15 is 0 Å². The molecule has 1 aliphatic heterocycles. The van der Waals surface area contributed by atoms with Crippen molar-refractivity contribution in [2.75, 3.05) is 6.54 Å². The first-order valence-electron chi connectivity index (χ1n) is 8.88. The van der Waals surface area contributed by atoms with Crippen molar-refractivity contribution in [3.05, 3.63) is 71.7 Å². The number of benzene rings is 1. The number of carbonyl (C=O) groups excluding carboxylic acids is 2. The molecular formula is C21H19N3O3. The number of likely N-dealkylation sites (tertiary alicyclic amines) is 1. The van der Waals surface area contributed by atoms with Crippen molar-refractivity contribution >= 4 is 28.4 Å². The third kappa shape index (κ3) is 2.70. The molecule has 3 heterocycles. The summed E-state index contributed by atoms with van der Waals surface area (Å²) in [5, 5.41) is 11.8. The van der Waals surface area contributed by atoms with Crippen molar-refractivity contribution in [3.63, 3.8) is 0 Å². The maximum atomic E-state index is 12.8. The van der Waals surface area contributed by atoms with Crippen LogP contribution in [0.5, 0.6) is 0 Å². The zero-order valence-corrected chi connectivity index (χ0v) is 14.8. The lowest BCUT2D eigenvalue weighted by Gasteiger charge is -2.24. The molecule has 0 aliphatic carbocycles. The zero-order chi connectivity index (χ0) is 19.0. The Hall–Kier alpha value is -3.41. The molecule has 1 unspecified atom stereocenters. The summed E-state index contributed by atoms with van der Waals surface area (Å²) < 4.78 is 0. The monoisotopic (exact) mass is 361 g/mol. The van der Waals surface area contributed by atoms with Gasteiger partial charge in [-0.05, 0) is 24.1 Å². The van der Waals surface area contributed by atoms with Crippen LogP contribution < -0.4 is 0 Å². The number of pyridine rings is 1. The van der Waals surface area contributed by atoms with Gasteiger partial charge in [-0.15, -0.1) is 0 Å². The standard InChI is InChI=1S/C21H19N3O3/c1-2-10-24-18(13-6-5-9-22-11-13)17(20(26)21(24)27)19(25)15-12-23-16-8-4-3-7-14(15)16/h3-9,11-12,18,23,25H,2,10H2,1H3/b19-17-. The fraction of sp³-hybridized carbons (Fsp3) is 0.190. The van der Waals surface area contributed by atoms with Crippen molar-refractivity contribution < 1.29 is 14.7 Å². The van der Waals surface area contributed by atoms with Crippen molar-refractivity contribution in [1.29, 1.82) is 0 Å². The van der Waals surface area contributed by atoms with Crippen LogP contribution in [-0.4, -0.2) is 38.2 Å². The molecule has 0 saturated carbocycles. The average molecular weight is 361 g/mol. The first-order chi connectivity index (χ1) is 13.1. The SMILES string of the molecule is CCCN1C(=O)C(=O)/C(=C(\O)c2c[nH]c3ccccc23)C1c1cccnc1. The van der Waals surface area contributed by atoms with E-state index in [9.17, 15) is 14.7 Å². The maximum Gasteiger partial charge on any atom is 0.295 e. The highest BCUT2D eigenvalue weighted by molar-refractivity contribution is 6.46. The molecule has 1 aromatic carbocycles. The summed E-state index contributed by atoms with van der Waals surface area (Å²) in [6.07, 6.45) is 5.63. The third-order valence-electron chi connectivity index (χ3n) is 4.85. The first-order valence-corrected chi connectivity index (χ1v) is 8.88. The van der Waals surface area contributed by atoms with Gasteiger partial charge in [-0.3, -0.25) is 14.6 Å². The van der Waals surface area contributed by atoms with Gasteiger partial charge in [-0.2, -0.15) is 0 Å². The molecule has 136 valence electrons. The molecule has 1 fully saturated rings. The van der Waals surface area contributed by atoms with Crippen molar-refractivity contribution in [2.24, 2.45) is 0 Å². The Morgan fingerprint density at radius 2 is 2.04 bits per heavy atom. The van der Waals surface area contributed by atoms with Gasteiger partial charge in [0, 0.05) is 41.6 Å². The third-order valence-corrected chi connectivity index (χ3v) is 4.85. The fourth-order valence-corrected chi connectivity index (χ4v) is 3.65. The Morgan fingerprint density at radius 1 is 1.22 bits per heavy atom. The number of hydrogen-bond donors (Lipinski definition) is 2. The number of hydrogen-bond acceptors (Lipinski definition) is 4. The number of H-pyrrole nitrogens is 1. The van der Waals surface area contributed by atoms with E-state index in [1.165, 1.54) is 4.90 Å². The summed E-state index contributed by atoms with van der Waals surface area (Å²) in [5.74, 6) is -1.43. The number of Topliss-reactive ketones (excluding diaryl/α,β-unsaturated/α-hetero) is 1. The largest absolute Gasteiger partial charge is 0.507 e. The molecule has 27 heavy (non-hydrogen) atoms. The fourth-order valence-electron chi connectivity index (χ4n) is 3.65. The summed E-state index contributed by atoms with van der Waals surface area (Å²) >= 11 is 0. The minimum atomic E-state index is -0.667. The molecule has 1 saturated heterocycles. The lowest BCUT2D eigenvalue weighted by Crippen LogP contribution is -2.30. The number of aromatic nitrogens is 2. The van der Waals surface area contributed by atoms with E-state index in [1.54, 1.807) is 24.7 Å². The van der Waals surface area contributed by atoms with Gasteiger partial charge < -0.3 is 15.0 Å². The molecule has 2 N–H and O–H groups in total. The van der Waals surface area contributed by atoms with Crippen LogP contribution in [0.2, 0.25) is 0 Å². The summed E-state index contributed by atoms with van der Waals surface area (Å²) in [6.45, 7) is 2.37. The number of nitrogens with zero attached hydrogens (tertiary/aromatic N) is 2. The summed E-state index contributed by atoms with van der Waals surface area (Å²) in [6, 6.07) is 10.4. The van der Waals surface area contributed by atoms with Crippen molar-refractivity contribution in [2.45, 2.75) is 19.4 Å². The topological polar surface area (TPSA) is 86.3 Å². The number of amides is 1. The molecule has 6 heteroatoms. The van der Waals surface area contributed by atoms with E-state index in [2.05, 4.69) is 9.97 Å². The molecule has 0 radical (unpaired) electrons. The highest BCUT2D eigenvalue weighted by Gasteiger charge is 2.45. The second-order valence-corrected chi connectivity index (χ2v) is 6.53. The smallest absolute Gasteiger partial charge is 0.295 e. The van der Waals surface area contributed by atoms with Gasteiger partial charge in [0.2, 0.25) is 0 Å². The number of nitrogens with one attached hydrogen (secondary N) is 1. The molecule has 0 bridgehead atoms. The Bertz CT molecular complexity index is 1050. The number of carbonyl (C=O) groups is 2. The number of aromatic amines is 1. The summed E-state index contributed by atoms with van der Waals surface area (Å²) in [5.41, 5.74) is 2.16. The van der Waals surface area contributed by atoms with Crippen LogP contribution in [0.25, 0.3) is 16.7 Å². The van der Waals surface area contributed by atoms with Gasteiger partial charge in [0.05, 0.1) is 11.6 Å². The molecule has 1 atom stereocenters. The molecule has 3 aromatic rings. The number of aliphatic hydroxyl groups is 1. The molecule has 0 spiro atoms. The number of fused-ring (bicyclic) bond motifs is 1. The number of aliphatic hydroxyl groups excluding tert-OH is 1. The van der Waals surface area contributed by atoms with Crippen LogP contribution in [0.4, 0.5) is 0 Å². The van der Waals surface area contributed by atoms with Crippen molar-refractivity contribution in [3.8, 4) is 0 Å². The Labute approximate surface area is 156 Å². The maximum absolute atomic E-state index is 12.8. The van der Waals surface area contributed by atoms with Gasteiger partial charge in [-0.1, -0.05) is 31.2 Å². The Morgan fingerprint density at radius 3 is 2.78 bits per heavy atom. The second kappa shape index (κ2) is 6.72. The van der Waals surface area contributed by atoms with E-state index in [1.807, 2.05) is 37.3 Å². The van der Waals surface area contributed by atoms with E-state index in [0.717, 1.165) is 10.9 Å². The quantitative estimate of drug-likeness (QED) is 0.424.